The summed E-state index contributed by atoms with van der Waals surface area (Å²) in [6.07, 6.45) is 10.1. The Hall–Kier alpha value is -3.11. The molecule has 4 aromatic heterocycles. The number of nitrogens with one attached hydrogen (secondary N) is 2. The van der Waals surface area contributed by atoms with Crippen molar-refractivity contribution < 1.29 is 62.3 Å². The van der Waals surface area contributed by atoms with Crippen LogP contribution in [0.2, 0.25) is 0 Å². The van der Waals surface area contributed by atoms with Gasteiger partial charge in [0.15, 0.2) is 12.4 Å². The van der Waals surface area contributed by atoms with E-state index in [9.17, 15) is 0 Å². The monoisotopic (exact) mass is 679 g/mol. The molecule has 2 N–H and O–H groups in total. The molecule has 0 aliphatic rings. The van der Waals surface area contributed by atoms with Gasteiger partial charge in [-0.3, -0.25) is 0 Å². The van der Waals surface area contributed by atoms with Gasteiger partial charge in [0.05, 0.1) is 10.8 Å². The first kappa shape index (κ1) is 23.6. The molecule has 4 nitrogen and oxygen atoms in total. The quantitative estimate of drug-likeness (QED) is 0.198. The molecule has 6 heteroatoms. The molecule has 0 amide bonds. The van der Waals surface area contributed by atoms with Crippen LogP contribution in [0.5, 0.6) is 0 Å². The van der Waals surface area contributed by atoms with E-state index in [0.29, 0.717) is 0 Å². The number of aromatic nitrogens is 3. The van der Waals surface area contributed by atoms with E-state index in [1.165, 1.54) is 26.9 Å². The second kappa shape index (κ2) is 9.50. The Morgan fingerprint density at radius 2 is 1.46 bits per heavy atom. The van der Waals surface area contributed by atoms with E-state index >= 15 is 0 Å². The highest BCUT2D eigenvalue weighted by Crippen LogP contribution is 2.42. The lowest BCUT2D eigenvalue weighted by molar-refractivity contribution is -0.364. The molecule has 0 aliphatic carbocycles. The van der Waals surface area contributed by atoms with Crippen molar-refractivity contribution in [1.29, 1.82) is 0 Å². The SMILES string of the molecule is C(=C\c1ccc2oc3cccc4c5ccc[nH+]c5c1c2c34)/c1cccnc1-c1cccc[nH+]1.[I-].[I-]. The number of nitrogens with zero attached hydrogens (tertiary/aromatic N) is 1. The number of hydrogen-bond acceptors (Lipinski definition) is 2. The molecule has 170 valence electrons. The summed E-state index contributed by atoms with van der Waals surface area (Å²) in [5.74, 6) is 0. The third-order valence-electron chi connectivity index (χ3n) is 6.34. The van der Waals surface area contributed by atoms with Gasteiger partial charge in [0, 0.05) is 46.1 Å². The summed E-state index contributed by atoms with van der Waals surface area (Å²) in [7, 11) is 0. The Balaban J connectivity index is 0.00000127. The third-order valence-corrected chi connectivity index (χ3v) is 6.34. The van der Waals surface area contributed by atoms with Crippen LogP contribution in [-0.2, 0) is 0 Å². The van der Waals surface area contributed by atoms with E-state index in [1.54, 1.807) is 0 Å². The minimum absolute atomic E-state index is 0. The molecule has 0 saturated heterocycles. The normalized spacial score (nSPS) is 11.4. The second-order valence-electron chi connectivity index (χ2n) is 8.19. The Morgan fingerprint density at radius 1 is 0.629 bits per heavy atom. The zero-order valence-electron chi connectivity index (χ0n) is 18.4. The molecule has 35 heavy (non-hydrogen) atoms. The summed E-state index contributed by atoms with van der Waals surface area (Å²) in [4.78, 5) is 11.4. The zero-order valence-corrected chi connectivity index (χ0v) is 22.7. The molecule has 0 bridgehead atoms. The molecular formula is C29H19I2N3O. The predicted octanol–water partition coefficient (Wildman–Crippen LogP) is 0.199. The minimum Gasteiger partial charge on any atom is -1.00 e. The van der Waals surface area contributed by atoms with E-state index in [-0.39, 0.29) is 48.0 Å². The van der Waals surface area contributed by atoms with Crippen molar-refractivity contribution in [3.8, 4) is 11.4 Å². The zero-order chi connectivity index (χ0) is 21.8. The van der Waals surface area contributed by atoms with Gasteiger partial charge >= 0.3 is 0 Å². The summed E-state index contributed by atoms with van der Waals surface area (Å²) in [5.41, 5.74) is 7.05. The maximum absolute atomic E-state index is 6.23. The number of H-pyrrole nitrogens is 2. The van der Waals surface area contributed by atoms with Crippen molar-refractivity contribution >= 4 is 55.8 Å². The highest BCUT2D eigenvalue weighted by atomic mass is 127. The molecule has 0 radical (unpaired) electrons. The summed E-state index contributed by atoms with van der Waals surface area (Å²) in [6, 6.07) is 24.8. The van der Waals surface area contributed by atoms with Gasteiger partial charge in [-0.05, 0) is 35.9 Å². The fourth-order valence-electron chi connectivity index (χ4n) is 4.92. The van der Waals surface area contributed by atoms with Crippen LogP contribution in [0.15, 0.2) is 95.8 Å². The standard InChI is InChI=1S/C29H17N3O.2HI/c1-2-15-30-22(9-1)28-19(6-4-16-31-28)12-11-18-13-14-24-27-25(18)29-21(8-5-17-32-29)20-7-3-10-23(33-24)26(20)27;;/h1-17H;2*1H/b12-11+;;. The van der Waals surface area contributed by atoms with Crippen LogP contribution in [0, 0.1) is 0 Å². The van der Waals surface area contributed by atoms with Crippen molar-refractivity contribution in [1.82, 2.24) is 4.98 Å². The molecule has 0 atom stereocenters. The lowest BCUT2D eigenvalue weighted by Gasteiger charge is -2.06. The molecular weight excluding hydrogens is 660 g/mol. The van der Waals surface area contributed by atoms with Crippen LogP contribution < -0.4 is 57.9 Å². The second-order valence-corrected chi connectivity index (χ2v) is 8.19. The van der Waals surface area contributed by atoms with E-state index < -0.39 is 0 Å². The van der Waals surface area contributed by atoms with E-state index in [0.717, 1.165) is 39.2 Å². The number of hydrogen-bond donors (Lipinski definition) is 0. The van der Waals surface area contributed by atoms with Crippen LogP contribution in [0.3, 0.4) is 0 Å². The molecule has 0 aliphatic heterocycles. The smallest absolute Gasteiger partial charge is 0.230 e. The minimum atomic E-state index is 0. The molecule has 4 heterocycles. The van der Waals surface area contributed by atoms with Gasteiger partial charge in [-0.15, -0.1) is 0 Å². The molecule has 0 saturated carbocycles. The average Bonchev–Trinajstić information content (AvgIpc) is 3.27. The summed E-state index contributed by atoms with van der Waals surface area (Å²) in [6.45, 7) is 0. The summed E-state index contributed by atoms with van der Waals surface area (Å²) < 4.78 is 6.23. The lowest BCUT2D eigenvalue weighted by atomic mass is 9.94. The fraction of sp³-hybridized carbons (Fsp3) is 0. The van der Waals surface area contributed by atoms with Crippen molar-refractivity contribution in [2.75, 3.05) is 0 Å². The largest absolute Gasteiger partial charge is 1.00 e. The third kappa shape index (κ3) is 3.75. The molecule has 0 spiro atoms. The van der Waals surface area contributed by atoms with Crippen molar-refractivity contribution in [2.45, 2.75) is 0 Å². The predicted molar refractivity (Wildman–Crippen MR) is 132 cm³/mol. The van der Waals surface area contributed by atoms with Crippen molar-refractivity contribution in [3.63, 3.8) is 0 Å². The van der Waals surface area contributed by atoms with E-state index in [1.807, 2.05) is 48.9 Å². The molecule has 0 unspecified atom stereocenters. The number of pyridine rings is 3. The lowest BCUT2D eigenvalue weighted by Crippen LogP contribution is -3.00. The van der Waals surface area contributed by atoms with Gasteiger partial charge in [-0.25, -0.2) is 15.0 Å². The van der Waals surface area contributed by atoms with Crippen LogP contribution in [0.1, 0.15) is 11.1 Å². The topological polar surface area (TPSA) is 54.3 Å². The average molecular weight is 679 g/mol. The number of fused-ring (bicyclic) bond motifs is 3. The molecule has 0 fully saturated rings. The van der Waals surface area contributed by atoms with Crippen LogP contribution in [0.25, 0.3) is 67.2 Å². The Kier molecular flexibility index (Phi) is 6.41. The summed E-state index contributed by atoms with van der Waals surface area (Å²) >= 11 is 0. The highest BCUT2D eigenvalue weighted by Gasteiger charge is 2.21. The van der Waals surface area contributed by atoms with Crippen LogP contribution >= 0.6 is 0 Å². The number of halogens is 2. The number of rotatable bonds is 3. The van der Waals surface area contributed by atoms with Gasteiger partial charge in [-0.1, -0.05) is 36.4 Å². The maximum Gasteiger partial charge on any atom is 0.230 e. The van der Waals surface area contributed by atoms with E-state index in [2.05, 4.69) is 69.6 Å². The first-order chi connectivity index (χ1) is 16.4. The molecule has 7 rings (SSSR count). The Bertz CT molecular complexity index is 1830. The Labute approximate surface area is 235 Å². The van der Waals surface area contributed by atoms with Gasteiger partial charge in [-0.2, -0.15) is 0 Å². The van der Waals surface area contributed by atoms with Crippen LogP contribution in [0.4, 0.5) is 0 Å². The van der Waals surface area contributed by atoms with Gasteiger partial charge in [0.25, 0.3) is 0 Å². The number of benzene rings is 3. The van der Waals surface area contributed by atoms with Crippen molar-refractivity contribution in [3.05, 3.63) is 103 Å². The first-order valence-electron chi connectivity index (χ1n) is 11.0. The molecule has 7 aromatic rings. The highest BCUT2D eigenvalue weighted by molar-refractivity contribution is 6.32. The van der Waals surface area contributed by atoms with Crippen molar-refractivity contribution in [2.24, 2.45) is 0 Å². The first-order valence-corrected chi connectivity index (χ1v) is 11.0. The van der Waals surface area contributed by atoms with E-state index in [4.69, 9.17) is 4.42 Å². The Morgan fingerprint density at radius 3 is 2.34 bits per heavy atom. The summed E-state index contributed by atoms with van der Waals surface area (Å²) in [5, 5.41) is 5.93. The maximum atomic E-state index is 6.23. The number of aromatic amines is 2. The van der Waals surface area contributed by atoms with Gasteiger partial charge < -0.3 is 52.4 Å². The van der Waals surface area contributed by atoms with Gasteiger partial charge in [0.2, 0.25) is 11.2 Å². The fourth-order valence-corrected chi connectivity index (χ4v) is 4.92. The van der Waals surface area contributed by atoms with Gasteiger partial charge in [0.1, 0.15) is 16.9 Å². The number of furan rings is 1. The molecule has 3 aromatic carbocycles. The van der Waals surface area contributed by atoms with Crippen LogP contribution in [-0.4, -0.2) is 4.98 Å².